The maximum Gasteiger partial charge on any atom is 0.106 e. The Hall–Kier alpha value is -2.22. The molecule has 0 aliphatic heterocycles. The number of nitrogens with two attached hydrogens (primary N) is 1. The Balaban J connectivity index is 2.51. The second-order valence-electron chi connectivity index (χ2n) is 4.66. The fourth-order valence-corrected chi connectivity index (χ4v) is 2.35. The third kappa shape index (κ3) is 3.10. The molecule has 1 heterocycles. The van der Waals surface area contributed by atoms with E-state index in [-0.39, 0.29) is 6.61 Å². The SMILES string of the molecule is Cc1c(/C(C#N)=C/c2ccccc2Cl)cn(CCO)c1N. The van der Waals surface area contributed by atoms with Crippen molar-refractivity contribution >= 4 is 29.1 Å². The van der Waals surface area contributed by atoms with Crippen LogP contribution < -0.4 is 5.73 Å². The van der Waals surface area contributed by atoms with Gasteiger partial charge in [0.2, 0.25) is 0 Å². The zero-order valence-corrected chi connectivity index (χ0v) is 12.4. The molecule has 0 unspecified atom stereocenters. The van der Waals surface area contributed by atoms with E-state index in [1.807, 2.05) is 25.1 Å². The highest BCUT2D eigenvalue weighted by Gasteiger charge is 2.13. The van der Waals surface area contributed by atoms with Crippen molar-refractivity contribution in [2.45, 2.75) is 13.5 Å². The van der Waals surface area contributed by atoms with Crippen molar-refractivity contribution in [1.29, 1.82) is 5.26 Å². The van der Waals surface area contributed by atoms with Gasteiger partial charge in [-0.15, -0.1) is 0 Å². The molecule has 108 valence electrons. The first-order valence-electron chi connectivity index (χ1n) is 6.51. The molecule has 0 fully saturated rings. The number of anilines is 1. The number of allylic oxidation sites excluding steroid dienone is 1. The van der Waals surface area contributed by atoms with Crippen LogP contribution in [0.4, 0.5) is 5.82 Å². The van der Waals surface area contributed by atoms with E-state index in [0.29, 0.717) is 23.0 Å². The lowest BCUT2D eigenvalue weighted by Crippen LogP contribution is -2.04. The molecule has 0 bridgehead atoms. The molecule has 0 amide bonds. The van der Waals surface area contributed by atoms with Crippen LogP contribution in [0.2, 0.25) is 5.02 Å². The van der Waals surface area contributed by atoms with Gasteiger partial charge in [-0.2, -0.15) is 5.26 Å². The molecule has 2 rings (SSSR count). The largest absolute Gasteiger partial charge is 0.395 e. The van der Waals surface area contributed by atoms with E-state index in [2.05, 4.69) is 6.07 Å². The molecule has 0 saturated heterocycles. The number of halogens is 1. The maximum atomic E-state index is 9.43. The Morgan fingerprint density at radius 1 is 1.48 bits per heavy atom. The lowest BCUT2D eigenvalue weighted by atomic mass is 10.0. The Kier molecular flexibility index (Phi) is 4.69. The van der Waals surface area contributed by atoms with Gasteiger partial charge in [0.15, 0.2) is 0 Å². The van der Waals surface area contributed by atoms with Crippen molar-refractivity contribution < 1.29 is 5.11 Å². The molecule has 0 saturated carbocycles. The average Bonchev–Trinajstić information content (AvgIpc) is 2.75. The topological polar surface area (TPSA) is 75.0 Å². The van der Waals surface area contributed by atoms with Crippen LogP contribution in [-0.2, 0) is 6.54 Å². The summed E-state index contributed by atoms with van der Waals surface area (Å²) in [5.41, 5.74) is 8.84. The lowest BCUT2D eigenvalue weighted by Gasteiger charge is -2.01. The quantitative estimate of drug-likeness (QED) is 0.852. The molecule has 1 aromatic carbocycles. The Morgan fingerprint density at radius 3 is 2.81 bits per heavy atom. The van der Waals surface area contributed by atoms with Crippen LogP contribution in [0, 0.1) is 18.3 Å². The number of aromatic nitrogens is 1. The van der Waals surface area contributed by atoms with E-state index in [4.69, 9.17) is 22.4 Å². The fourth-order valence-electron chi connectivity index (χ4n) is 2.16. The second-order valence-corrected chi connectivity index (χ2v) is 5.07. The van der Waals surface area contributed by atoms with E-state index >= 15 is 0 Å². The summed E-state index contributed by atoms with van der Waals surface area (Å²) >= 11 is 6.12. The smallest absolute Gasteiger partial charge is 0.106 e. The molecule has 0 radical (unpaired) electrons. The number of aliphatic hydroxyl groups is 1. The summed E-state index contributed by atoms with van der Waals surface area (Å²) in [6.45, 7) is 2.25. The average molecular weight is 302 g/mol. The molecule has 3 N–H and O–H groups in total. The minimum Gasteiger partial charge on any atom is -0.395 e. The van der Waals surface area contributed by atoms with Gasteiger partial charge in [0, 0.05) is 23.3 Å². The van der Waals surface area contributed by atoms with Gasteiger partial charge in [0.05, 0.1) is 18.2 Å². The van der Waals surface area contributed by atoms with Gasteiger partial charge >= 0.3 is 0 Å². The number of benzene rings is 1. The Morgan fingerprint density at radius 2 is 2.19 bits per heavy atom. The summed E-state index contributed by atoms with van der Waals surface area (Å²) in [6.07, 6.45) is 3.53. The van der Waals surface area contributed by atoms with Gasteiger partial charge in [0.25, 0.3) is 0 Å². The highest BCUT2D eigenvalue weighted by molar-refractivity contribution is 6.32. The van der Waals surface area contributed by atoms with Crippen molar-refractivity contribution in [1.82, 2.24) is 4.57 Å². The molecule has 5 heteroatoms. The van der Waals surface area contributed by atoms with Gasteiger partial charge in [-0.1, -0.05) is 29.8 Å². The number of nitrogens with zero attached hydrogens (tertiary/aromatic N) is 2. The lowest BCUT2D eigenvalue weighted by molar-refractivity contribution is 0.277. The zero-order valence-electron chi connectivity index (χ0n) is 11.7. The van der Waals surface area contributed by atoms with Crippen molar-refractivity contribution in [2.24, 2.45) is 0 Å². The van der Waals surface area contributed by atoms with Crippen molar-refractivity contribution in [3.63, 3.8) is 0 Å². The molecule has 2 aromatic rings. The highest BCUT2D eigenvalue weighted by Crippen LogP contribution is 2.28. The predicted octanol–water partition coefficient (Wildman–Crippen LogP) is 3.09. The first-order chi connectivity index (χ1) is 10.1. The summed E-state index contributed by atoms with van der Waals surface area (Å²) in [6, 6.07) is 9.52. The number of hydrogen-bond donors (Lipinski definition) is 2. The minimum absolute atomic E-state index is 0.00608. The summed E-state index contributed by atoms with van der Waals surface area (Å²) < 4.78 is 1.74. The third-order valence-electron chi connectivity index (χ3n) is 3.34. The van der Waals surface area contributed by atoms with Crippen LogP contribution in [0.15, 0.2) is 30.5 Å². The first-order valence-corrected chi connectivity index (χ1v) is 6.89. The van der Waals surface area contributed by atoms with Crippen LogP contribution in [0.1, 0.15) is 16.7 Å². The second kappa shape index (κ2) is 6.49. The molecule has 21 heavy (non-hydrogen) atoms. The van der Waals surface area contributed by atoms with E-state index in [1.54, 1.807) is 22.9 Å². The van der Waals surface area contributed by atoms with Crippen LogP contribution in [0.25, 0.3) is 11.6 Å². The highest BCUT2D eigenvalue weighted by atomic mass is 35.5. The van der Waals surface area contributed by atoms with Gasteiger partial charge in [-0.25, -0.2) is 0 Å². The third-order valence-corrected chi connectivity index (χ3v) is 3.68. The molecule has 0 aliphatic carbocycles. The van der Waals surface area contributed by atoms with Crippen LogP contribution in [0.5, 0.6) is 0 Å². The normalized spacial score (nSPS) is 11.4. The molecule has 0 spiro atoms. The van der Waals surface area contributed by atoms with E-state index in [1.165, 1.54) is 0 Å². The zero-order chi connectivity index (χ0) is 15.4. The van der Waals surface area contributed by atoms with E-state index in [0.717, 1.165) is 16.7 Å². The maximum absolute atomic E-state index is 9.43. The Labute approximate surface area is 128 Å². The van der Waals surface area contributed by atoms with Crippen molar-refractivity contribution in [3.8, 4) is 6.07 Å². The molecule has 0 atom stereocenters. The van der Waals surface area contributed by atoms with Gasteiger partial charge in [-0.3, -0.25) is 0 Å². The molecule has 4 nitrogen and oxygen atoms in total. The number of nitriles is 1. The minimum atomic E-state index is -0.00608. The fraction of sp³-hybridized carbons (Fsp3) is 0.188. The first kappa shape index (κ1) is 15.2. The van der Waals surface area contributed by atoms with Crippen molar-refractivity contribution in [2.75, 3.05) is 12.3 Å². The summed E-state index contributed by atoms with van der Waals surface area (Å²) in [4.78, 5) is 0. The van der Waals surface area contributed by atoms with Crippen LogP contribution in [0.3, 0.4) is 0 Å². The van der Waals surface area contributed by atoms with Crippen molar-refractivity contribution in [3.05, 3.63) is 52.2 Å². The molecule has 0 aliphatic rings. The predicted molar refractivity (Wildman–Crippen MR) is 85.6 cm³/mol. The molecular weight excluding hydrogens is 286 g/mol. The summed E-state index contributed by atoms with van der Waals surface area (Å²) in [7, 11) is 0. The van der Waals surface area contributed by atoms with Crippen LogP contribution >= 0.6 is 11.6 Å². The van der Waals surface area contributed by atoms with Gasteiger partial charge < -0.3 is 15.4 Å². The van der Waals surface area contributed by atoms with Gasteiger partial charge in [0.1, 0.15) is 5.82 Å². The Bertz CT molecular complexity index is 726. The standard InChI is InChI=1S/C16H16ClN3O/c1-11-14(10-20(6-7-21)16(11)19)13(9-18)8-12-4-2-3-5-15(12)17/h2-5,8,10,21H,6-7,19H2,1H3/b13-8+. The summed E-state index contributed by atoms with van der Waals surface area (Å²) in [5, 5.41) is 19.1. The van der Waals surface area contributed by atoms with Gasteiger partial charge in [-0.05, 0) is 30.2 Å². The number of aliphatic hydroxyl groups excluding tert-OH is 1. The number of hydrogen-bond acceptors (Lipinski definition) is 3. The molecule has 1 aromatic heterocycles. The molecular formula is C16H16ClN3O. The monoisotopic (exact) mass is 301 g/mol. The van der Waals surface area contributed by atoms with E-state index in [9.17, 15) is 5.26 Å². The number of nitrogen functional groups attached to an aromatic ring is 1. The summed E-state index contributed by atoms with van der Waals surface area (Å²) in [5.74, 6) is 0.555. The number of rotatable bonds is 4. The van der Waals surface area contributed by atoms with Crippen LogP contribution in [-0.4, -0.2) is 16.3 Å². The van der Waals surface area contributed by atoms with E-state index < -0.39 is 0 Å².